The minimum Gasteiger partial charge on any atom is -0.294 e. The smallest absolute Gasteiger partial charge is 0.168 e. The molecule has 1 atom stereocenters. The summed E-state index contributed by atoms with van der Waals surface area (Å²) in [5.74, 6) is 1.35. The van der Waals surface area contributed by atoms with Gasteiger partial charge in [-0.15, -0.1) is 11.8 Å². The normalized spacial score (nSPS) is 19.8. The molecule has 1 aliphatic rings. The number of benzene rings is 2. The maximum absolute atomic E-state index is 12.2. The Balaban J connectivity index is 2.36. The van der Waals surface area contributed by atoms with Crippen LogP contribution in [0.3, 0.4) is 0 Å². The molecule has 0 aliphatic carbocycles. The van der Waals surface area contributed by atoms with E-state index in [1.807, 2.05) is 25.1 Å². The van der Waals surface area contributed by atoms with E-state index in [2.05, 4.69) is 18.2 Å². The molecule has 1 unspecified atom stereocenters. The molecule has 80 valence electrons. The molecule has 0 N–H and O–H groups in total. The highest BCUT2D eigenvalue weighted by Gasteiger charge is 2.25. The Morgan fingerprint density at radius 2 is 2.00 bits per heavy atom. The van der Waals surface area contributed by atoms with Crippen molar-refractivity contribution >= 4 is 28.3 Å². The summed E-state index contributed by atoms with van der Waals surface area (Å²) in [4.78, 5) is 13.4. The van der Waals surface area contributed by atoms with Gasteiger partial charge in [-0.1, -0.05) is 37.3 Å². The lowest BCUT2D eigenvalue weighted by atomic mass is 9.95. The predicted molar refractivity (Wildman–Crippen MR) is 68.2 cm³/mol. The van der Waals surface area contributed by atoms with Crippen molar-refractivity contribution < 1.29 is 4.79 Å². The monoisotopic (exact) mass is 228 g/mol. The summed E-state index contributed by atoms with van der Waals surface area (Å²) in [5, 5.41) is 2.26. The van der Waals surface area contributed by atoms with Crippen LogP contribution in [0.2, 0.25) is 0 Å². The fourth-order valence-electron chi connectivity index (χ4n) is 2.16. The van der Waals surface area contributed by atoms with Crippen LogP contribution in [-0.2, 0) is 0 Å². The topological polar surface area (TPSA) is 17.1 Å². The van der Waals surface area contributed by atoms with Crippen molar-refractivity contribution in [3.05, 3.63) is 42.0 Å². The first-order chi connectivity index (χ1) is 7.77. The molecule has 0 saturated heterocycles. The van der Waals surface area contributed by atoms with Gasteiger partial charge in [-0.25, -0.2) is 0 Å². The summed E-state index contributed by atoms with van der Waals surface area (Å²) in [6.45, 7) is 2.01. The molecule has 0 radical (unpaired) electrons. The van der Waals surface area contributed by atoms with Gasteiger partial charge < -0.3 is 0 Å². The van der Waals surface area contributed by atoms with Gasteiger partial charge in [0.2, 0.25) is 0 Å². The Morgan fingerprint density at radius 1 is 1.19 bits per heavy atom. The van der Waals surface area contributed by atoms with Gasteiger partial charge in [0.05, 0.1) is 0 Å². The molecule has 2 aromatic carbocycles. The van der Waals surface area contributed by atoms with Crippen LogP contribution in [0.5, 0.6) is 0 Å². The van der Waals surface area contributed by atoms with Gasteiger partial charge in [-0.2, -0.15) is 0 Å². The third-order valence-corrected chi connectivity index (χ3v) is 4.39. The van der Waals surface area contributed by atoms with Gasteiger partial charge >= 0.3 is 0 Å². The maximum Gasteiger partial charge on any atom is 0.168 e. The molecule has 2 heteroatoms. The van der Waals surface area contributed by atoms with Gasteiger partial charge in [0, 0.05) is 22.1 Å². The summed E-state index contributed by atoms with van der Waals surface area (Å²) in [6.07, 6.45) is 0. The van der Waals surface area contributed by atoms with Crippen LogP contribution in [-0.4, -0.2) is 11.5 Å². The largest absolute Gasteiger partial charge is 0.294 e. The lowest BCUT2D eigenvalue weighted by Crippen LogP contribution is -2.19. The summed E-state index contributed by atoms with van der Waals surface area (Å²) in [6, 6.07) is 12.3. The first-order valence-electron chi connectivity index (χ1n) is 5.46. The molecule has 1 nitrogen and oxygen atoms in total. The lowest BCUT2D eigenvalue weighted by Gasteiger charge is -2.21. The fraction of sp³-hybridized carbons (Fsp3) is 0.214. The molecule has 0 bridgehead atoms. The SMILES string of the molecule is CC1CSc2ccc3ccccc3c2C1=O. The van der Waals surface area contributed by atoms with E-state index in [4.69, 9.17) is 0 Å². The molecular formula is C14H12OS. The quantitative estimate of drug-likeness (QED) is 0.683. The Hall–Kier alpha value is -1.28. The van der Waals surface area contributed by atoms with Crippen molar-refractivity contribution in [2.75, 3.05) is 5.75 Å². The maximum atomic E-state index is 12.2. The predicted octanol–water partition coefficient (Wildman–Crippen LogP) is 3.76. The van der Waals surface area contributed by atoms with Crippen LogP contribution in [0.1, 0.15) is 17.3 Å². The van der Waals surface area contributed by atoms with Crippen LogP contribution in [0, 0.1) is 5.92 Å². The number of fused-ring (bicyclic) bond motifs is 3. The van der Waals surface area contributed by atoms with Crippen LogP contribution in [0.4, 0.5) is 0 Å². The number of carbonyl (C=O) groups excluding carboxylic acids is 1. The molecule has 3 rings (SSSR count). The average Bonchev–Trinajstić information content (AvgIpc) is 2.33. The number of carbonyl (C=O) groups is 1. The minimum atomic E-state index is 0.142. The molecule has 1 heterocycles. The van der Waals surface area contributed by atoms with Gasteiger partial charge in [-0.05, 0) is 16.8 Å². The second-order valence-electron chi connectivity index (χ2n) is 4.24. The molecule has 2 aromatic rings. The summed E-state index contributed by atoms with van der Waals surface area (Å²) in [5.41, 5.74) is 0.932. The Bertz CT molecular complexity index is 574. The van der Waals surface area contributed by atoms with Crippen LogP contribution < -0.4 is 0 Å². The third kappa shape index (κ3) is 1.37. The van der Waals surface area contributed by atoms with E-state index in [-0.39, 0.29) is 5.92 Å². The molecule has 0 spiro atoms. The van der Waals surface area contributed by atoms with Crippen LogP contribution in [0.25, 0.3) is 10.8 Å². The second-order valence-corrected chi connectivity index (χ2v) is 5.30. The lowest BCUT2D eigenvalue weighted by molar-refractivity contribution is 0.0938. The number of hydrogen-bond donors (Lipinski definition) is 0. The Morgan fingerprint density at radius 3 is 2.88 bits per heavy atom. The van der Waals surface area contributed by atoms with E-state index in [1.165, 1.54) is 0 Å². The molecule has 0 fully saturated rings. The van der Waals surface area contributed by atoms with E-state index in [0.29, 0.717) is 5.78 Å². The van der Waals surface area contributed by atoms with Crippen molar-refractivity contribution in [3.63, 3.8) is 0 Å². The minimum absolute atomic E-state index is 0.142. The zero-order chi connectivity index (χ0) is 11.1. The van der Waals surface area contributed by atoms with Gasteiger partial charge in [0.1, 0.15) is 0 Å². The second kappa shape index (κ2) is 3.63. The van der Waals surface area contributed by atoms with Gasteiger partial charge in [-0.3, -0.25) is 4.79 Å². The van der Waals surface area contributed by atoms with Crippen molar-refractivity contribution in [2.45, 2.75) is 11.8 Å². The first-order valence-corrected chi connectivity index (χ1v) is 6.44. The standard InChI is InChI=1S/C14H12OS/c1-9-8-16-12-7-6-10-4-2-3-5-11(10)13(12)14(9)15/h2-7,9H,8H2,1H3. The molecule has 0 saturated carbocycles. The van der Waals surface area contributed by atoms with Crippen molar-refractivity contribution in [1.82, 2.24) is 0 Å². The number of ketones is 1. The number of rotatable bonds is 0. The average molecular weight is 228 g/mol. The number of thioether (sulfide) groups is 1. The van der Waals surface area contributed by atoms with Crippen LogP contribution >= 0.6 is 11.8 Å². The molecule has 16 heavy (non-hydrogen) atoms. The highest BCUT2D eigenvalue weighted by atomic mass is 32.2. The summed E-state index contributed by atoms with van der Waals surface area (Å²) >= 11 is 1.79. The molecular weight excluding hydrogens is 216 g/mol. The summed E-state index contributed by atoms with van der Waals surface area (Å²) < 4.78 is 0. The van der Waals surface area contributed by atoms with Gasteiger partial charge in [0.15, 0.2) is 5.78 Å². The van der Waals surface area contributed by atoms with E-state index in [1.54, 1.807) is 11.8 Å². The highest BCUT2D eigenvalue weighted by molar-refractivity contribution is 7.99. The van der Waals surface area contributed by atoms with Crippen LogP contribution in [0.15, 0.2) is 41.3 Å². The van der Waals surface area contributed by atoms with Crippen molar-refractivity contribution in [3.8, 4) is 0 Å². The molecule has 1 aliphatic heterocycles. The molecule has 0 aromatic heterocycles. The van der Waals surface area contributed by atoms with Crippen molar-refractivity contribution in [2.24, 2.45) is 5.92 Å². The van der Waals surface area contributed by atoms with E-state index < -0.39 is 0 Å². The zero-order valence-corrected chi connectivity index (χ0v) is 9.88. The van der Waals surface area contributed by atoms with E-state index in [0.717, 1.165) is 27.0 Å². The Kier molecular flexibility index (Phi) is 2.25. The zero-order valence-electron chi connectivity index (χ0n) is 9.07. The van der Waals surface area contributed by atoms with Gasteiger partial charge in [0.25, 0.3) is 0 Å². The first kappa shape index (κ1) is 9.91. The van der Waals surface area contributed by atoms with E-state index >= 15 is 0 Å². The molecule has 0 amide bonds. The number of Topliss-reactive ketones (excluding diaryl/α,β-unsaturated/α-hetero) is 1. The fourth-order valence-corrected chi connectivity index (χ4v) is 3.26. The van der Waals surface area contributed by atoms with E-state index in [9.17, 15) is 4.79 Å². The summed E-state index contributed by atoms with van der Waals surface area (Å²) in [7, 11) is 0. The highest BCUT2D eigenvalue weighted by Crippen LogP contribution is 2.36. The Labute approximate surface area is 98.9 Å². The third-order valence-electron chi connectivity index (χ3n) is 3.07. The van der Waals surface area contributed by atoms with Crippen molar-refractivity contribution in [1.29, 1.82) is 0 Å². The number of hydrogen-bond acceptors (Lipinski definition) is 2.